The summed E-state index contributed by atoms with van der Waals surface area (Å²) in [7, 11) is 0. The van der Waals surface area contributed by atoms with Crippen LogP contribution in [0.5, 0.6) is 5.75 Å². The molecule has 114 valence electrons. The minimum absolute atomic E-state index is 0.111. The van der Waals surface area contributed by atoms with Crippen molar-refractivity contribution in [2.45, 2.75) is 0 Å². The number of aromatic amines is 1. The predicted molar refractivity (Wildman–Crippen MR) is 86.4 cm³/mol. The highest BCUT2D eigenvalue weighted by molar-refractivity contribution is 5.87. The Morgan fingerprint density at radius 3 is 2.52 bits per heavy atom. The lowest BCUT2D eigenvalue weighted by atomic mass is 10.1. The molecule has 0 unspecified atom stereocenters. The summed E-state index contributed by atoms with van der Waals surface area (Å²) in [6.07, 6.45) is 4.15. The standard InChI is InChI=1S/C17H13N3O3/c21-16-15(20-17(22)23-14-4-2-1-3-5-14)10-13(11-19-16)12-6-8-18-9-7-12/h1-11H,(H,19,21)(H,20,22). The third kappa shape index (κ3) is 3.62. The molecular weight excluding hydrogens is 294 g/mol. The minimum Gasteiger partial charge on any atom is -0.410 e. The van der Waals surface area contributed by atoms with Gasteiger partial charge in [0.15, 0.2) is 0 Å². The Morgan fingerprint density at radius 2 is 1.78 bits per heavy atom. The van der Waals surface area contributed by atoms with E-state index < -0.39 is 11.7 Å². The maximum absolute atomic E-state index is 11.9. The molecule has 0 fully saturated rings. The Hall–Kier alpha value is -3.41. The van der Waals surface area contributed by atoms with Crippen molar-refractivity contribution in [2.75, 3.05) is 5.32 Å². The highest BCUT2D eigenvalue weighted by Crippen LogP contribution is 2.19. The molecule has 2 aromatic heterocycles. The third-order valence-electron chi connectivity index (χ3n) is 3.11. The highest BCUT2D eigenvalue weighted by Gasteiger charge is 2.09. The molecule has 0 aliphatic heterocycles. The van der Waals surface area contributed by atoms with Crippen LogP contribution in [0.25, 0.3) is 11.1 Å². The lowest BCUT2D eigenvalue weighted by Crippen LogP contribution is -2.22. The number of aromatic nitrogens is 2. The Balaban J connectivity index is 1.80. The second kappa shape index (κ2) is 6.57. The number of H-pyrrole nitrogens is 1. The molecule has 2 N–H and O–H groups in total. The normalized spacial score (nSPS) is 10.1. The number of ether oxygens (including phenoxy) is 1. The van der Waals surface area contributed by atoms with Gasteiger partial charge in [0.05, 0.1) is 0 Å². The van der Waals surface area contributed by atoms with Gasteiger partial charge in [-0.05, 0) is 35.9 Å². The Bertz CT molecular complexity index is 861. The van der Waals surface area contributed by atoms with Crippen LogP contribution in [0.15, 0.2) is 71.9 Å². The van der Waals surface area contributed by atoms with E-state index in [0.29, 0.717) is 5.75 Å². The number of hydrogen-bond acceptors (Lipinski definition) is 4. The molecule has 0 saturated heterocycles. The van der Waals surface area contributed by atoms with Gasteiger partial charge in [-0.25, -0.2) is 4.79 Å². The van der Waals surface area contributed by atoms with Crippen LogP contribution in [0.3, 0.4) is 0 Å². The van der Waals surface area contributed by atoms with Gasteiger partial charge in [0.2, 0.25) is 0 Å². The number of amides is 1. The van der Waals surface area contributed by atoms with E-state index in [1.807, 2.05) is 6.07 Å². The summed E-state index contributed by atoms with van der Waals surface area (Å²) < 4.78 is 5.11. The molecule has 0 bridgehead atoms. The van der Waals surface area contributed by atoms with Crippen LogP contribution in [0.4, 0.5) is 10.5 Å². The van der Waals surface area contributed by atoms with E-state index in [4.69, 9.17) is 4.74 Å². The molecule has 1 amide bonds. The summed E-state index contributed by atoms with van der Waals surface area (Å²) in [6, 6.07) is 13.8. The van der Waals surface area contributed by atoms with Crippen molar-refractivity contribution in [2.24, 2.45) is 0 Å². The fraction of sp³-hybridized carbons (Fsp3) is 0. The lowest BCUT2D eigenvalue weighted by molar-refractivity contribution is 0.215. The molecule has 3 aromatic rings. The van der Waals surface area contributed by atoms with Crippen molar-refractivity contribution in [1.29, 1.82) is 0 Å². The number of nitrogens with one attached hydrogen (secondary N) is 2. The fourth-order valence-electron chi connectivity index (χ4n) is 2.02. The summed E-state index contributed by atoms with van der Waals surface area (Å²) in [4.78, 5) is 30.3. The van der Waals surface area contributed by atoms with E-state index in [9.17, 15) is 9.59 Å². The number of hydrogen-bond donors (Lipinski definition) is 2. The maximum atomic E-state index is 11.9. The number of pyridine rings is 2. The van der Waals surface area contributed by atoms with Gasteiger partial charge in [-0.15, -0.1) is 0 Å². The van der Waals surface area contributed by atoms with Crippen molar-refractivity contribution in [1.82, 2.24) is 9.97 Å². The van der Waals surface area contributed by atoms with Crippen molar-refractivity contribution >= 4 is 11.8 Å². The summed E-state index contributed by atoms with van der Waals surface area (Å²) in [5.74, 6) is 0.395. The number of para-hydroxylation sites is 1. The SMILES string of the molecule is O=C(Nc1cc(-c2ccncc2)c[nH]c1=O)Oc1ccccc1. The van der Waals surface area contributed by atoms with Crippen LogP contribution in [0.1, 0.15) is 0 Å². The first-order valence-corrected chi connectivity index (χ1v) is 6.89. The maximum Gasteiger partial charge on any atom is 0.417 e. The number of benzene rings is 1. The summed E-state index contributed by atoms with van der Waals surface area (Å²) in [5.41, 5.74) is 1.32. The zero-order valence-corrected chi connectivity index (χ0v) is 12.0. The minimum atomic E-state index is -0.728. The first-order chi connectivity index (χ1) is 11.2. The van der Waals surface area contributed by atoms with Gasteiger partial charge < -0.3 is 9.72 Å². The highest BCUT2D eigenvalue weighted by atomic mass is 16.6. The number of carbonyl (C=O) groups is 1. The number of anilines is 1. The summed E-state index contributed by atoms with van der Waals surface area (Å²) in [6.45, 7) is 0. The van der Waals surface area contributed by atoms with Crippen LogP contribution in [-0.2, 0) is 0 Å². The van der Waals surface area contributed by atoms with Gasteiger partial charge in [0.25, 0.3) is 5.56 Å². The van der Waals surface area contributed by atoms with E-state index in [-0.39, 0.29) is 5.69 Å². The molecular formula is C17H13N3O3. The molecule has 3 rings (SSSR count). The van der Waals surface area contributed by atoms with Gasteiger partial charge >= 0.3 is 6.09 Å². The smallest absolute Gasteiger partial charge is 0.410 e. The number of rotatable bonds is 3. The Kier molecular flexibility index (Phi) is 4.15. The van der Waals surface area contributed by atoms with Gasteiger partial charge in [-0.2, -0.15) is 0 Å². The summed E-state index contributed by atoms with van der Waals surface area (Å²) in [5, 5.41) is 2.45. The zero-order valence-electron chi connectivity index (χ0n) is 12.0. The van der Waals surface area contributed by atoms with Gasteiger partial charge in [0, 0.05) is 24.2 Å². The molecule has 0 saturated carbocycles. The first-order valence-electron chi connectivity index (χ1n) is 6.89. The molecule has 0 atom stereocenters. The molecule has 23 heavy (non-hydrogen) atoms. The molecule has 0 aliphatic carbocycles. The fourth-order valence-corrected chi connectivity index (χ4v) is 2.02. The topological polar surface area (TPSA) is 84.1 Å². The first kappa shape index (κ1) is 14.5. The average Bonchev–Trinajstić information content (AvgIpc) is 2.58. The average molecular weight is 307 g/mol. The van der Waals surface area contributed by atoms with Crippen LogP contribution < -0.4 is 15.6 Å². The molecule has 2 heterocycles. The summed E-state index contributed by atoms with van der Waals surface area (Å²) >= 11 is 0. The van der Waals surface area contributed by atoms with Crippen LogP contribution >= 0.6 is 0 Å². The largest absolute Gasteiger partial charge is 0.417 e. The van der Waals surface area contributed by atoms with E-state index >= 15 is 0 Å². The lowest BCUT2D eigenvalue weighted by Gasteiger charge is -2.07. The second-order valence-corrected chi connectivity index (χ2v) is 4.69. The Labute approximate surface area is 131 Å². The molecule has 0 aliphatic rings. The van der Waals surface area contributed by atoms with Gasteiger partial charge in [-0.1, -0.05) is 18.2 Å². The van der Waals surface area contributed by atoms with Crippen LogP contribution in [-0.4, -0.2) is 16.1 Å². The van der Waals surface area contributed by atoms with Crippen molar-refractivity contribution in [3.8, 4) is 16.9 Å². The molecule has 1 aromatic carbocycles. The van der Waals surface area contributed by atoms with Crippen LogP contribution in [0.2, 0.25) is 0 Å². The van der Waals surface area contributed by atoms with Crippen molar-refractivity contribution < 1.29 is 9.53 Å². The van der Waals surface area contributed by atoms with E-state index in [2.05, 4.69) is 15.3 Å². The van der Waals surface area contributed by atoms with Gasteiger partial charge in [-0.3, -0.25) is 15.1 Å². The Morgan fingerprint density at radius 1 is 1.04 bits per heavy atom. The number of nitrogens with zero attached hydrogens (tertiary/aromatic N) is 1. The quantitative estimate of drug-likeness (QED) is 0.779. The molecule has 6 heteroatoms. The monoisotopic (exact) mass is 307 g/mol. The predicted octanol–water partition coefficient (Wildman–Crippen LogP) is 3.05. The van der Waals surface area contributed by atoms with E-state index in [0.717, 1.165) is 11.1 Å². The van der Waals surface area contributed by atoms with Crippen molar-refractivity contribution in [3.63, 3.8) is 0 Å². The number of carbonyl (C=O) groups excluding carboxylic acids is 1. The van der Waals surface area contributed by atoms with E-state index in [1.54, 1.807) is 61.1 Å². The van der Waals surface area contributed by atoms with Crippen LogP contribution in [0, 0.1) is 0 Å². The van der Waals surface area contributed by atoms with E-state index in [1.165, 1.54) is 0 Å². The van der Waals surface area contributed by atoms with Gasteiger partial charge in [0.1, 0.15) is 11.4 Å². The molecule has 0 spiro atoms. The second-order valence-electron chi connectivity index (χ2n) is 4.69. The molecule has 0 radical (unpaired) electrons. The van der Waals surface area contributed by atoms with Crippen molar-refractivity contribution in [3.05, 3.63) is 77.5 Å². The third-order valence-corrected chi connectivity index (χ3v) is 3.11. The molecule has 6 nitrogen and oxygen atoms in total. The zero-order chi connectivity index (χ0) is 16.1.